The number of hydrogen-bond acceptors (Lipinski definition) is 5. The van der Waals surface area contributed by atoms with E-state index in [1.54, 1.807) is 0 Å². The van der Waals surface area contributed by atoms with E-state index >= 15 is 0 Å². The van der Waals surface area contributed by atoms with Gasteiger partial charge in [-0.15, -0.1) is 0 Å². The van der Waals surface area contributed by atoms with Crippen LogP contribution in [0.3, 0.4) is 0 Å². The molecule has 1 atom stereocenters. The maximum atomic E-state index is 5.64. The zero-order valence-corrected chi connectivity index (χ0v) is 11.3. The van der Waals surface area contributed by atoms with Gasteiger partial charge in [0.05, 0.1) is 0 Å². The highest BCUT2D eigenvalue weighted by atomic mass is 32.1. The molecule has 0 aliphatic rings. The van der Waals surface area contributed by atoms with Crippen LogP contribution < -0.4 is 5.32 Å². The molecule has 1 aromatic heterocycles. The van der Waals surface area contributed by atoms with E-state index in [-0.39, 0.29) is 6.10 Å². The van der Waals surface area contributed by atoms with Gasteiger partial charge in [-0.3, -0.25) is 0 Å². The third kappa shape index (κ3) is 4.06. The first-order chi connectivity index (χ1) is 7.67. The van der Waals surface area contributed by atoms with Crippen molar-refractivity contribution in [3.63, 3.8) is 0 Å². The lowest BCUT2D eigenvalue weighted by molar-refractivity contribution is 0.0503. The Morgan fingerprint density at radius 1 is 1.38 bits per heavy atom. The Hall–Kier alpha value is -0.680. The minimum Gasteiger partial charge on any atom is -0.370 e. The maximum absolute atomic E-state index is 5.64. The van der Waals surface area contributed by atoms with Crippen molar-refractivity contribution in [3.05, 3.63) is 5.82 Å². The smallest absolute Gasteiger partial charge is 0.202 e. The Morgan fingerprint density at radius 3 is 2.69 bits per heavy atom. The molecule has 92 valence electrons. The summed E-state index contributed by atoms with van der Waals surface area (Å²) in [6.45, 7) is 9.03. The zero-order valence-electron chi connectivity index (χ0n) is 10.5. The molecule has 4 nitrogen and oxygen atoms in total. The Morgan fingerprint density at radius 2 is 2.12 bits per heavy atom. The van der Waals surface area contributed by atoms with Gasteiger partial charge in [0.15, 0.2) is 5.82 Å². The van der Waals surface area contributed by atoms with Crippen LogP contribution >= 0.6 is 11.5 Å². The molecule has 5 heteroatoms. The SMILES string of the molecule is CCCC(OCC)c1nsc(NC(C)C)n1. The van der Waals surface area contributed by atoms with Crippen molar-refractivity contribution in [2.75, 3.05) is 11.9 Å². The van der Waals surface area contributed by atoms with E-state index < -0.39 is 0 Å². The van der Waals surface area contributed by atoms with Crippen LogP contribution in [0.4, 0.5) is 5.13 Å². The van der Waals surface area contributed by atoms with Gasteiger partial charge in [-0.05, 0) is 27.2 Å². The molecule has 16 heavy (non-hydrogen) atoms. The first-order valence-electron chi connectivity index (χ1n) is 5.89. The second-order valence-electron chi connectivity index (χ2n) is 3.99. The second-order valence-corrected chi connectivity index (χ2v) is 4.74. The molecule has 0 amide bonds. The quantitative estimate of drug-likeness (QED) is 0.798. The Kier molecular flexibility index (Phi) is 5.69. The molecule has 1 rings (SSSR count). The van der Waals surface area contributed by atoms with Crippen LogP contribution in [-0.4, -0.2) is 22.0 Å². The summed E-state index contributed by atoms with van der Waals surface area (Å²) in [5.74, 6) is 0.817. The van der Waals surface area contributed by atoms with Crippen LogP contribution in [0.5, 0.6) is 0 Å². The summed E-state index contributed by atoms with van der Waals surface area (Å²) < 4.78 is 9.99. The van der Waals surface area contributed by atoms with E-state index in [2.05, 4.69) is 35.4 Å². The monoisotopic (exact) mass is 243 g/mol. The van der Waals surface area contributed by atoms with Crippen molar-refractivity contribution in [1.82, 2.24) is 9.36 Å². The molecular weight excluding hydrogens is 222 g/mol. The van der Waals surface area contributed by atoms with Crippen LogP contribution in [0.2, 0.25) is 0 Å². The van der Waals surface area contributed by atoms with Gasteiger partial charge in [0.1, 0.15) is 6.10 Å². The van der Waals surface area contributed by atoms with Crippen molar-refractivity contribution in [2.24, 2.45) is 0 Å². The van der Waals surface area contributed by atoms with Gasteiger partial charge in [0, 0.05) is 24.2 Å². The van der Waals surface area contributed by atoms with Crippen LogP contribution in [0.15, 0.2) is 0 Å². The molecule has 0 spiro atoms. The lowest BCUT2D eigenvalue weighted by Crippen LogP contribution is -2.10. The lowest BCUT2D eigenvalue weighted by atomic mass is 10.2. The molecule has 1 heterocycles. The van der Waals surface area contributed by atoms with E-state index in [1.807, 2.05) is 6.92 Å². The maximum Gasteiger partial charge on any atom is 0.202 e. The fraction of sp³-hybridized carbons (Fsp3) is 0.818. The van der Waals surface area contributed by atoms with Crippen molar-refractivity contribution in [2.45, 2.75) is 52.7 Å². The first-order valence-corrected chi connectivity index (χ1v) is 6.66. The standard InChI is InChI=1S/C11H21N3OS/c1-5-7-9(15-6-2)10-13-11(16-14-10)12-8(3)4/h8-9H,5-7H2,1-4H3,(H,12,13,14). The highest BCUT2D eigenvalue weighted by Gasteiger charge is 2.16. The molecular formula is C11H21N3OS. The number of nitrogens with one attached hydrogen (secondary N) is 1. The first kappa shape index (κ1) is 13.4. The summed E-state index contributed by atoms with van der Waals surface area (Å²) in [6.07, 6.45) is 2.11. The van der Waals surface area contributed by atoms with Gasteiger partial charge < -0.3 is 10.1 Å². The van der Waals surface area contributed by atoms with Crippen LogP contribution in [-0.2, 0) is 4.74 Å². The van der Waals surface area contributed by atoms with Crippen molar-refractivity contribution in [3.8, 4) is 0 Å². The highest BCUT2D eigenvalue weighted by Crippen LogP contribution is 2.23. The summed E-state index contributed by atoms with van der Waals surface area (Å²) in [5.41, 5.74) is 0. The third-order valence-corrected chi connectivity index (χ3v) is 2.72. The van der Waals surface area contributed by atoms with E-state index in [1.165, 1.54) is 11.5 Å². The number of hydrogen-bond donors (Lipinski definition) is 1. The van der Waals surface area contributed by atoms with Gasteiger partial charge in [-0.25, -0.2) is 4.98 Å². The fourth-order valence-electron chi connectivity index (χ4n) is 1.42. The number of aromatic nitrogens is 2. The number of rotatable bonds is 7. The summed E-state index contributed by atoms with van der Waals surface area (Å²) in [5, 5.41) is 4.13. The summed E-state index contributed by atoms with van der Waals surface area (Å²) >= 11 is 1.41. The van der Waals surface area contributed by atoms with Crippen LogP contribution in [0, 0.1) is 0 Å². The van der Waals surface area contributed by atoms with Gasteiger partial charge in [0.25, 0.3) is 0 Å². The van der Waals surface area contributed by atoms with Crippen LogP contribution in [0.25, 0.3) is 0 Å². The number of nitrogens with zero attached hydrogens (tertiary/aromatic N) is 2. The van der Waals surface area contributed by atoms with Gasteiger partial charge in [0.2, 0.25) is 5.13 Å². The largest absolute Gasteiger partial charge is 0.370 e. The molecule has 0 aliphatic carbocycles. The van der Waals surface area contributed by atoms with E-state index in [9.17, 15) is 0 Å². The molecule has 1 unspecified atom stereocenters. The normalized spacial score (nSPS) is 13.1. The molecule has 0 aliphatic heterocycles. The Bertz CT molecular complexity index is 295. The zero-order chi connectivity index (χ0) is 12.0. The molecule has 0 aromatic carbocycles. The molecule has 0 fully saturated rings. The third-order valence-electron chi connectivity index (χ3n) is 2.06. The molecule has 1 N–H and O–H groups in total. The molecule has 0 bridgehead atoms. The molecule has 1 aromatic rings. The number of ether oxygens (including phenoxy) is 1. The minimum atomic E-state index is 0.0500. The summed E-state index contributed by atoms with van der Waals surface area (Å²) in [7, 11) is 0. The molecule has 0 saturated heterocycles. The fourth-order valence-corrected chi connectivity index (χ4v) is 2.18. The predicted molar refractivity (Wildman–Crippen MR) is 67.9 cm³/mol. The summed E-state index contributed by atoms with van der Waals surface area (Å²) in [4.78, 5) is 4.46. The van der Waals surface area contributed by atoms with Crippen molar-refractivity contribution >= 4 is 16.7 Å². The van der Waals surface area contributed by atoms with E-state index in [4.69, 9.17) is 4.74 Å². The van der Waals surface area contributed by atoms with E-state index in [0.717, 1.165) is 23.8 Å². The number of anilines is 1. The topological polar surface area (TPSA) is 47.0 Å². The minimum absolute atomic E-state index is 0.0500. The Balaban J connectivity index is 2.65. The highest BCUT2D eigenvalue weighted by molar-refractivity contribution is 7.09. The average molecular weight is 243 g/mol. The van der Waals surface area contributed by atoms with Crippen molar-refractivity contribution in [1.29, 1.82) is 0 Å². The summed E-state index contributed by atoms with van der Waals surface area (Å²) in [6, 6.07) is 0.387. The van der Waals surface area contributed by atoms with Gasteiger partial charge in [-0.1, -0.05) is 13.3 Å². The van der Waals surface area contributed by atoms with Gasteiger partial charge in [-0.2, -0.15) is 4.37 Å². The lowest BCUT2D eigenvalue weighted by Gasteiger charge is -2.12. The predicted octanol–water partition coefficient (Wildman–Crippen LogP) is 3.24. The Labute approximate surface area is 102 Å². The van der Waals surface area contributed by atoms with Gasteiger partial charge >= 0.3 is 0 Å². The molecule has 0 radical (unpaired) electrons. The van der Waals surface area contributed by atoms with Crippen LogP contribution in [0.1, 0.15) is 52.5 Å². The molecule has 0 saturated carbocycles. The van der Waals surface area contributed by atoms with Crippen molar-refractivity contribution < 1.29 is 4.74 Å². The average Bonchev–Trinajstić information content (AvgIpc) is 2.65. The second kappa shape index (κ2) is 6.81. The van der Waals surface area contributed by atoms with E-state index in [0.29, 0.717) is 12.6 Å².